The van der Waals surface area contributed by atoms with Crippen LogP contribution in [0.4, 0.5) is 14.5 Å². The number of amides is 5. The number of nitrogens with two attached hydrogens (primary N) is 1. The number of fused-ring (bicyclic) bond motifs is 2. The molecule has 3 aromatic carbocycles. The van der Waals surface area contributed by atoms with Crippen molar-refractivity contribution in [3.8, 4) is 11.1 Å². The first-order chi connectivity index (χ1) is 25.0. The van der Waals surface area contributed by atoms with E-state index in [1.165, 1.54) is 28.9 Å². The third-order valence-corrected chi connectivity index (χ3v) is 11.6. The van der Waals surface area contributed by atoms with Crippen molar-refractivity contribution >= 4 is 64.2 Å². The maximum absolute atomic E-state index is 14.4. The van der Waals surface area contributed by atoms with Gasteiger partial charge in [-0.25, -0.2) is 0 Å². The quantitative estimate of drug-likeness (QED) is 0.156. The van der Waals surface area contributed by atoms with Crippen LogP contribution in [0.2, 0.25) is 0 Å². The Labute approximate surface area is 306 Å². The zero-order chi connectivity index (χ0) is 38.2. The van der Waals surface area contributed by atoms with E-state index >= 15 is 0 Å². The lowest BCUT2D eigenvalue weighted by Crippen LogP contribution is -2.60. The Balaban J connectivity index is 1.25. The molecule has 6 rings (SSSR count). The predicted molar refractivity (Wildman–Crippen MR) is 193 cm³/mol. The molecular formula is C36H36F2N5O8PS. The van der Waals surface area contributed by atoms with Crippen molar-refractivity contribution in [2.24, 2.45) is 5.73 Å². The Morgan fingerprint density at radius 1 is 0.981 bits per heavy atom. The first kappa shape index (κ1) is 37.7. The Hall–Kier alpha value is -5.02. The highest BCUT2D eigenvalue weighted by molar-refractivity contribution is 7.52. The van der Waals surface area contributed by atoms with Gasteiger partial charge in [0.1, 0.15) is 12.1 Å². The molecule has 3 heterocycles. The van der Waals surface area contributed by atoms with Crippen LogP contribution in [0.15, 0.2) is 72.8 Å². The average molecular weight is 768 g/mol. The molecule has 2 fully saturated rings. The molecule has 17 heteroatoms. The fraction of sp³-hybridized carbons (Fsp3) is 0.306. The minimum atomic E-state index is -5.83. The number of alkyl halides is 2. The van der Waals surface area contributed by atoms with Gasteiger partial charge in [-0.1, -0.05) is 42.5 Å². The number of rotatable bonds is 9. The van der Waals surface area contributed by atoms with Gasteiger partial charge in [0.15, 0.2) is 0 Å². The van der Waals surface area contributed by atoms with Crippen LogP contribution < -0.4 is 16.4 Å². The molecule has 1 aromatic heterocycles. The minimum absolute atomic E-state index is 0.0223. The van der Waals surface area contributed by atoms with Crippen molar-refractivity contribution in [2.75, 3.05) is 18.4 Å². The Morgan fingerprint density at radius 2 is 1.72 bits per heavy atom. The summed E-state index contributed by atoms with van der Waals surface area (Å²) in [6, 6.07) is 16.3. The third-order valence-electron chi connectivity index (χ3n) is 9.53. The van der Waals surface area contributed by atoms with Crippen LogP contribution >= 0.6 is 18.9 Å². The highest BCUT2D eigenvalue weighted by Crippen LogP contribution is 2.59. The summed E-state index contributed by atoms with van der Waals surface area (Å²) in [5.74, 6) is -2.76. The molecule has 0 unspecified atom stereocenters. The van der Waals surface area contributed by atoms with Gasteiger partial charge in [-0.15, -0.1) is 11.3 Å². The zero-order valence-electron chi connectivity index (χ0n) is 28.3. The Bertz CT molecular complexity index is 2160. The highest BCUT2D eigenvalue weighted by atomic mass is 32.1. The molecule has 6 N–H and O–H groups in total. The van der Waals surface area contributed by atoms with Crippen LogP contribution in [-0.2, 0) is 35.8 Å². The second-order valence-corrected chi connectivity index (χ2v) is 15.8. The van der Waals surface area contributed by atoms with Crippen LogP contribution in [0.1, 0.15) is 47.0 Å². The number of carbonyl (C=O) groups excluding carboxylic acids is 5. The average Bonchev–Trinajstić information content (AvgIpc) is 3.73. The summed E-state index contributed by atoms with van der Waals surface area (Å²) >= 11 is 0.916. The second-order valence-electron chi connectivity index (χ2n) is 13.1. The van der Waals surface area contributed by atoms with E-state index in [-0.39, 0.29) is 35.7 Å². The maximum Gasteiger partial charge on any atom is 0.399 e. The van der Waals surface area contributed by atoms with Crippen LogP contribution in [-0.4, -0.2) is 80.3 Å². The number of benzene rings is 3. The Morgan fingerprint density at radius 3 is 2.40 bits per heavy atom. The standard InChI is InChI=1S/C36H36F2N5O8PS/c1-20(44)42-14-13-26-9-11-29(33(46)40-27-10-7-22(15-23(27)18-32(39)45)21-5-3-2-4-6-21)43(26)35(48)28(19-42)41-34(47)31-17-24-16-25(8-12-30(24)53-31)36(37,38)52(49,50)51/h2-8,10,12,15-17,26,28-29H,9,11,13-14,18-19H2,1H3,(H2,39,45)(H,40,46)(H,41,47)(H2,49,50,51)/t26-,28+,29+/m1/s1. The lowest BCUT2D eigenvalue weighted by molar-refractivity contribution is -0.143. The molecule has 2 aliphatic rings. The van der Waals surface area contributed by atoms with E-state index in [0.717, 1.165) is 34.6 Å². The molecule has 3 atom stereocenters. The summed E-state index contributed by atoms with van der Waals surface area (Å²) in [5, 5.41) is 5.68. The van der Waals surface area contributed by atoms with Crippen molar-refractivity contribution in [2.45, 2.75) is 56.4 Å². The van der Waals surface area contributed by atoms with Gasteiger partial charge in [0.2, 0.25) is 23.6 Å². The molecule has 0 spiro atoms. The van der Waals surface area contributed by atoms with Gasteiger partial charge in [0.25, 0.3) is 5.91 Å². The molecule has 0 aliphatic carbocycles. The van der Waals surface area contributed by atoms with Gasteiger partial charge in [0, 0.05) is 42.0 Å². The predicted octanol–water partition coefficient (Wildman–Crippen LogP) is 4.17. The van der Waals surface area contributed by atoms with E-state index in [2.05, 4.69) is 10.6 Å². The van der Waals surface area contributed by atoms with Crippen molar-refractivity contribution in [3.63, 3.8) is 0 Å². The summed E-state index contributed by atoms with van der Waals surface area (Å²) in [5.41, 5.74) is 2.73. The molecule has 278 valence electrons. The molecular weight excluding hydrogens is 731 g/mol. The van der Waals surface area contributed by atoms with Gasteiger partial charge >= 0.3 is 13.3 Å². The molecule has 13 nitrogen and oxygen atoms in total. The molecule has 53 heavy (non-hydrogen) atoms. The normalized spacial score (nSPS) is 19.3. The second kappa shape index (κ2) is 14.8. The molecule has 2 aliphatic heterocycles. The summed E-state index contributed by atoms with van der Waals surface area (Å²) < 4.78 is 40.6. The van der Waals surface area contributed by atoms with Crippen LogP contribution in [0.25, 0.3) is 21.2 Å². The van der Waals surface area contributed by atoms with E-state index < -0.39 is 60.6 Å². The molecule has 5 amide bonds. The number of primary amides is 1. The highest BCUT2D eigenvalue weighted by Gasteiger charge is 2.50. The number of hydrogen-bond donors (Lipinski definition) is 5. The van der Waals surface area contributed by atoms with Crippen LogP contribution in [0.5, 0.6) is 0 Å². The number of hydrogen-bond acceptors (Lipinski definition) is 7. The number of carbonyl (C=O) groups is 5. The van der Waals surface area contributed by atoms with Gasteiger partial charge in [0.05, 0.1) is 11.3 Å². The number of halogens is 2. The van der Waals surface area contributed by atoms with Crippen molar-refractivity contribution in [1.29, 1.82) is 0 Å². The number of thiophene rings is 1. The van der Waals surface area contributed by atoms with E-state index in [1.807, 2.05) is 30.3 Å². The smallest absolute Gasteiger partial charge is 0.369 e. The van der Waals surface area contributed by atoms with Crippen LogP contribution in [0, 0.1) is 0 Å². The van der Waals surface area contributed by atoms with Crippen molar-refractivity contribution < 1.29 is 47.1 Å². The molecule has 4 aromatic rings. The van der Waals surface area contributed by atoms with Gasteiger partial charge < -0.3 is 36.0 Å². The van der Waals surface area contributed by atoms with E-state index in [1.54, 1.807) is 18.2 Å². The summed E-state index contributed by atoms with van der Waals surface area (Å²) in [7, 11) is -5.83. The first-order valence-corrected chi connectivity index (χ1v) is 19.1. The largest absolute Gasteiger partial charge is 0.399 e. The van der Waals surface area contributed by atoms with E-state index in [9.17, 15) is 37.3 Å². The molecule has 0 bridgehead atoms. The summed E-state index contributed by atoms with van der Waals surface area (Å²) in [4.78, 5) is 87.5. The summed E-state index contributed by atoms with van der Waals surface area (Å²) in [6.07, 6.45) is 1.00. The van der Waals surface area contributed by atoms with E-state index in [4.69, 9.17) is 15.5 Å². The zero-order valence-corrected chi connectivity index (χ0v) is 30.0. The number of nitrogens with zero attached hydrogens (tertiary/aromatic N) is 2. The fourth-order valence-corrected chi connectivity index (χ4v) is 8.26. The lowest BCUT2D eigenvalue weighted by atomic mass is 9.99. The number of nitrogens with one attached hydrogen (secondary N) is 2. The van der Waals surface area contributed by atoms with Gasteiger partial charge in [-0.05, 0) is 71.7 Å². The first-order valence-electron chi connectivity index (χ1n) is 16.7. The SMILES string of the molecule is CC(=O)N1CC[C@H]2CC[C@@H](C(=O)Nc3ccc(-c4ccccc4)cc3CC(N)=O)N2C(=O)[C@@H](NC(=O)c2cc3cc(C(F)(F)P(=O)(O)O)ccc3s2)C1. The van der Waals surface area contributed by atoms with Gasteiger partial charge in [-0.2, -0.15) is 8.78 Å². The topological polar surface area (TPSA) is 199 Å². The van der Waals surface area contributed by atoms with E-state index in [0.29, 0.717) is 35.2 Å². The van der Waals surface area contributed by atoms with Crippen molar-refractivity contribution in [1.82, 2.24) is 15.1 Å². The molecule has 2 saturated heterocycles. The number of anilines is 1. The Kier molecular flexibility index (Phi) is 10.5. The fourth-order valence-electron chi connectivity index (χ4n) is 6.84. The third kappa shape index (κ3) is 7.86. The minimum Gasteiger partial charge on any atom is -0.369 e. The van der Waals surface area contributed by atoms with Crippen LogP contribution in [0.3, 0.4) is 0 Å². The maximum atomic E-state index is 14.4. The molecule has 0 saturated carbocycles. The molecule has 0 radical (unpaired) electrons. The monoisotopic (exact) mass is 767 g/mol. The van der Waals surface area contributed by atoms with Crippen molar-refractivity contribution in [3.05, 3.63) is 88.8 Å². The lowest BCUT2D eigenvalue weighted by Gasteiger charge is -2.38. The summed E-state index contributed by atoms with van der Waals surface area (Å²) in [6.45, 7) is 1.41. The van der Waals surface area contributed by atoms with Gasteiger partial charge in [-0.3, -0.25) is 28.5 Å².